The lowest BCUT2D eigenvalue weighted by molar-refractivity contribution is 0.0595. The molecule has 0 saturated carbocycles. The zero-order valence-corrected chi connectivity index (χ0v) is 16.1. The van der Waals surface area contributed by atoms with E-state index < -0.39 is 0 Å². The van der Waals surface area contributed by atoms with Gasteiger partial charge < -0.3 is 15.7 Å². The van der Waals surface area contributed by atoms with Gasteiger partial charge in [0.2, 0.25) is 5.95 Å². The van der Waals surface area contributed by atoms with E-state index >= 15 is 0 Å². The van der Waals surface area contributed by atoms with Crippen molar-refractivity contribution in [1.82, 2.24) is 14.9 Å². The fourth-order valence-electron chi connectivity index (χ4n) is 3.60. The van der Waals surface area contributed by atoms with Crippen LogP contribution in [-0.2, 0) is 6.42 Å². The summed E-state index contributed by atoms with van der Waals surface area (Å²) in [4.78, 5) is 23.5. The SMILES string of the molecule is CC(C)c1cc(C(=O)N2CCCC[C@@H]2CCc2ccc(O)cc2)nc(N)n1. The van der Waals surface area contributed by atoms with Gasteiger partial charge in [0.1, 0.15) is 11.4 Å². The number of rotatable bonds is 5. The summed E-state index contributed by atoms with van der Waals surface area (Å²) >= 11 is 0. The average Bonchev–Trinajstić information content (AvgIpc) is 2.66. The number of likely N-dealkylation sites (tertiary alicyclic amines) is 1. The van der Waals surface area contributed by atoms with Crippen LogP contribution in [0.15, 0.2) is 30.3 Å². The Morgan fingerprint density at radius 3 is 2.70 bits per heavy atom. The second-order valence-electron chi connectivity index (χ2n) is 7.54. The molecule has 2 heterocycles. The zero-order valence-electron chi connectivity index (χ0n) is 16.1. The molecular formula is C21H28N4O2. The number of amides is 1. The molecule has 3 rings (SSSR count). The van der Waals surface area contributed by atoms with Crippen LogP contribution in [0.25, 0.3) is 0 Å². The number of phenols is 1. The highest BCUT2D eigenvalue weighted by atomic mass is 16.3. The first-order valence-corrected chi connectivity index (χ1v) is 9.67. The van der Waals surface area contributed by atoms with E-state index in [1.165, 1.54) is 5.56 Å². The third kappa shape index (κ3) is 4.76. The molecular weight excluding hydrogens is 340 g/mol. The van der Waals surface area contributed by atoms with E-state index in [1.54, 1.807) is 18.2 Å². The summed E-state index contributed by atoms with van der Waals surface area (Å²) in [6, 6.07) is 9.25. The molecule has 1 atom stereocenters. The van der Waals surface area contributed by atoms with Gasteiger partial charge in [-0.05, 0) is 61.8 Å². The van der Waals surface area contributed by atoms with Crippen LogP contribution in [0, 0.1) is 0 Å². The number of nitrogens with two attached hydrogens (primary N) is 1. The Morgan fingerprint density at radius 1 is 1.26 bits per heavy atom. The number of carbonyl (C=O) groups is 1. The van der Waals surface area contributed by atoms with Crippen LogP contribution in [0.5, 0.6) is 5.75 Å². The van der Waals surface area contributed by atoms with Crippen LogP contribution in [0.3, 0.4) is 0 Å². The van der Waals surface area contributed by atoms with Crippen molar-refractivity contribution in [3.63, 3.8) is 0 Å². The highest BCUT2D eigenvalue weighted by Crippen LogP contribution is 2.24. The number of nitrogen functional groups attached to an aromatic ring is 1. The number of aryl methyl sites for hydroxylation is 1. The van der Waals surface area contributed by atoms with Crippen molar-refractivity contribution in [1.29, 1.82) is 0 Å². The fourth-order valence-corrected chi connectivity index (χ4v) is 3.60. The molecule has 1 amide bonds. The number of hydrogen-bond donors (Lipinski definition) is 2. The van der Waals surface area contributed by atoms with E-state index in [4.69, 9.17) is 5.73 Å². The Kier molecular flexibility index (Phi) is 5.94. The second-order valence-corrected chi connectivity index (χ2v) is 7.54. The summed E-state index contributed by atoms with van der Waals surface area (Å²) in [7, 11) is 0. The van der Waals surface area contributed by atoms with Crippen molar-refractivity contribution >= 4 is 11.9 Å². The molecule has 3 N–H and O–H groups in total. The minimum Gasteiger partial charge on any atom is -0.508 e. The third-order valence-electron chi connectivity index (χ3n) is 5.16. The van der Waals surface area contributed by atoms with Crippen molar-refractivity contribution < 1.29 is 9.90 Å². The quantitative estimate of drug-likeness (QED) is 0.842. The molecule has 1 aromatic heterocycles. The molecule has 0 unspecified atom stereocenters. The molecule has 6 heteroatoms. The highest BCUT2D eigenvalue weighted by molar-refractivity contribution is 5.93. The fraction of sp³-hybridized carbons (Fsp3) is 0.476. The van der Waals surface area contributed by atoms with E-state index in [-0.39, 0.29) is 29.6 Å². The van der Waals surface area contributed by atoms with Crippen LogP contribution >= 0.6 is 0 Å². The smallest absolute Gasteiger partial charge is 0.272 e. The monoisotopic (exact) mass is 368 g/mol. The molecule has 1 aliphatic rings. The number of benzene rings is 1. The Labute approximate surface area is 160 Å². The summed E-state index contributed by atoms with van der Waals surface area (Å²) in [5, 5.41) is 9.42. The molecule has 0 spiro atoms. The number of aromatic nitrogens is 2. The lowest BCUT2D eigenvalue weighted by Crippen LogP contribution is -2.44. The number of anilines is 1. The lowest BCUT2D eigenvalue weighted by atomic mass is 9.95. The first-order chi connectivity index (χ1) is 12.9. The van der Waals surface area contributed by atoms with Gasteiger partial charge in [-0.2, -0.15) is 0 Å². The zero-order chi connectivity index (χ0) is 19.4. The molecule has 1 fully saturated rings. The number of phenolic OH excluding ortho intramolecular Hbond substituents is 1. The molecule has 1 aliphatic heterocycles. The van der Waals surface area contributed by atoms with Gasteiger partial charge in [-0.25, -0.2) is 9.97 Å². The summed E-state index contributed by atoms with van der Waals surface area (Å²) in [6.07, 6.45) is 4.92. The first kappa shape index (κ1) is 19.1. The maximum Gasteiger partial charge on any atom is 0.272 e. The molecule has 27 heavy (non-hydrogen) atoms. The predicted octanol–water partition coefficient (Wildman–Crippen LogP) is 3.52. The van der Waals surface area contributed by atoms with Crippen molar-refractivity contribution in [3.8, 4) is 5.75 Å². The standard InChI is InChI=1S/C21H28N4O2/c1-14(2)18-13-19(24-21(22)23-18)20(27)25-12-4-3-5-16(25)9-6-15-7-10-17(26)11-8-15/h7-8,10-11,13-14,16,26H,3-6,9,12H2,1-2H3,(H2,22,23,24)/t16-/m1/s1. The van der Waals surface area contributed by atoms with Crippen LogP contribution < -0.4 is 5.73 Å². The molecule has 6 nitrogen and oxygen atoms in total. The first-order valence-electron chi connectivity index (χ1n) is 9.67. The highest BCUT2D eigenvalue weighted by Gasteiger charge is 2.28. The number of carbonyl (C=O) groups excluding carboxylic acids is 1. The Morgan fingerprint density at radius 2 is 2.00 bits per heavy atom. The van der Waals surface area contributed by atoms with Crippen LogP contribution in [0.1, 0.15) is 67.2 Å². The number of piperidine rings is 1. The minimum atomic E-state index is -0.0543. The van der Waals surface area contributed by atoms with Crippen molar-refractivity contribution in [2.75, 3.05) is 12.3 Å². The summed E-state index contributed by atoms with van der Waals surface area (Å²) < 4.78 is 0. The van der Waals surface area contributed by atoms with Gasteiger partial charge in [0.25, 0.3) is 5.91 Å². The van der Waals surface area contributed by atoms with Gasteiger partial charge in [-0.3, -0.25) is 4.79 Å². The molecule has 1 saturated heterocycles. The topological polar surface area (TPSA) is 92.3 Å². The number of aromatic hydroxyl groups is 1. The van der Waals surface area contributed by atoms with Crippen LogP contribution in [0.4, 0.5) is 5.95 Å². The van der Waals surface area contributed by atoms with Crippen molar-refractivity contribution in [2.45, 2.75) is 57.9 Å². The van der Waals surface area contributed by atoms with Crippen molar-refractivity contribution in [2.24, 2.45) is 0 Å². The van der Waals surface area contributed by atoms with E-state index in [0.29, 0.717) is 5.69 Å². The van der Waals surface area contributed by atoms with E-state index in [2.05, 4.69) is 9.97 Å². The normalized spacial score (nSPS) is 17.3. The number of hydrogen-bond acceptors (Lipinski definition) is 5. The van der Waals surface area contributed by atoms with E-state index in [0.717, 1.165) is 44.3 Å². The molecule has 144 valence electrons. The Bertz CT molecular complexity index is 789. The third-order valence-corrected chi connectivity index (χ3v) is 5.16. The maximum absolute atomic E-state index is 13.1. The summed E-state index contributed by atoms with van der Waals surface area (Å²) in [5.41, 5.74) is 8.18. The number of nitrogens with zero attached hydrogens (tertiary/aromatic N) is 3. The lowest BCUT2D eigenvalue weighted by Gasteiger charge is -2.36. The van der Waals surface area contributed by atoms with Crippen molar-refractivity contribution in [3.05, 3.63) is 47.3 Å². The largest absolute Gasteiger partial charge is 0.508 e. The maximum atomic E-state index is 13.1. The van der Waals surface area contributed by atoms with Gasteiger partial charge >= 0.3 is 0 Å². The van der Waals surface area contributed by atoms with Crippen LogP contribution in [-0.4, -0.2) is 38.5 Å². The molecule has 0 radical (unpaired) electrons. The second kappa shape index (κ2) is 8.37. The van der Waals surface area contributed by atoms with Gasteiger partial charge in [0, 0.05) is 18.3 Å². The summed E-state index contributed by atoms with van der Waals surface area (Å²) in [6.45, 7) is 4.80. The Balaban J connectivity index is 1.74. The summed E-state index contributed by atoms with van der Waals surface area (Å²) in [5.74, 6) is 0.563. The average molecular weight is 368 g/mol. The molecule has 0 bridgehead atoms. The predicted molar refractivity (Wildman–Crippen MR) is 106 cm³/mol. The molecule has 0 aliphatic carbocycles. The van der Waals surface area contributed by atoms with Gasteiger partial charge in [0.15, 0.2) is 0 Å². The van der Waals surface area contributed by atoms with Gasteiger partial charge in [0.05, 0.1) is 0 Å². The van der Waals surface area contributed by atoms with Crippen LogP contribution in [0.2, 0.25) is 0 Å². The minimum absolute atomic E-state index is 0.0543. The van der Waals surface area contributed by atoms with Gasteiger partial charge in [-0.1, -0.05) is 26.0 Å². The molecule has 1 aromatic carbocycles. The molecule has 2 aromatic rings. The van der Waals surface area contributed by atoms with Gasteiger partial charge in [-0.15, -0.1) is 0 Å². The van der Waals surface area contributed by atoms with E-state index in [9.17, 15) is 9.90 Å². The van der Waals surface area contributed by atoms with E-state index in [1.807, 2.05) is 30.9 Å². The Hall–Kier alpha value is -2.63.